The molecule has 0 aliphatic rings. The molecule has 0 aromatic carbocycles. The van der Waals surface area contributed by atoms with Crippen LogP contribution in [0.25, 0.3) is 0 Å². The van der Waals surface area contributed by atoms with Crippen molar-refractivity contribution in [3.05, 3.63) is 24.3 Å². The largest absolute Gasteiger partial charge is 0.396 e. The summed E-state index contributed by atoms with van der Waals surface area (Å²) in [6, 6.07) is 0. The molecular weight excluding hydrogens is 190 g/mol. The number of aromatic nitrogens is 2. The third-order valence-corrected chi connectivity index (χ3v) is 3.16. The van der Waals surface area contributed by atoms with Gasteiger partial charge in [-0.15, -0.1) is 0 Å². The summed E-state index contributed by atoms with van der Waals surface area (Å²) in [5.41, 5.74) is 6.16. The van der Waals surface area contributed by atoms with Crippen LogP contribution in [-0.4, -0.2) is 27.2 Å². The molecule has 0 spiro atoms. The van der Waals surface area contributed by atoms with Gasteiger partial charge in [-0.2, -0.15) is 0 Å². The first-order chi connectivity index (χ1) is 6.92. The fraction of sp³-hybridized carbons (Fsp3) is 0.636. The molecule has 0 radical (unpaired) electrons. The van der Waals surface area contributed by atoms with Crippen molar-refractivity contribution in [3.63, 3.8) is 0 Å². The molecule has 0 bridgehead atoms. The van der Waals surface area contributed by atoms with Crippen molar-refractivity contribution in [2.24, 2.45) is 5.73 Å². The van der Waals surface area contributed by atoms with Crippen LogP contribution in [0.5, 0.6) is 0 Å². The molecular formula is C11H19N3O. The number of rotatable bonds is 4. The minimum absolute atomic E-state index is 0.0910. The summed E-state index contributed by atoms with van der Waals surface area (Å²) in [7, 11) is 0. The van der Waals surface area contributed by atoms with E-state index in [0.717, 1.165) is 5.69 Å². The number of nitrogens with two attached hydrogens (primary N) is 1. The van der Waals surface area contributed by atoms with Crippen LogP contribution in [0.3, 0.4) is 0 Å². The van der Waals surface area contributed by atoms with Gasteiger partial charge in [-0.1, -0.05) is 6.92 Å². The van der Waals surface area contributed by atoms with Crippen LogP contribution in [0, 0.1) is 0 Å². The maximum absolute atomic E-state index is 9.12. The molecule has 4 heteroatoms. The Kier molecular flexibility index (Phi) is 3.42. The topological polar surface area (TPSA) is 72.0 Å². The second-order valence-electron chi connectivity index (χ2n) is 4.62. The Morgan fingerprint density at radius 3 is 2.40 bits per heavy atom. The molecule has 0 aliphatic heterocycles. The van der Waals surface area contributed by atoms with Crippen LogP contribution in [0.4, 0.5) is 0 Å². The lowest BCUT2D eigenvalue weighted by Crippen LogP contribution is -2.53. The molecule has 4 nitrogen and oxygen atoms in total. The Bertz CT molecular complexity index is 307. The Hall–Kier alpha value is -1.00. The van der Waals surface area contributed by atoms with E-state index in [4.69, 9.17) is 10.8 Å². The van der Waals surface area contributed by atoms with Gasteiger partial charge in [0.25, 0.3) is 0 Å². The van der Waals surface area contributed by atoms with Crippen LogP contribution in [0.1, 0.15) is 32.9 Å². The number of nitrogens with zero attached hydrogens (tertiary/aromatic N) is 2. The van der Waals surface area contributed by atoms with Gasteiger partial charge in [0.15, 0.2) is 0 Å². The van der Waals surface area contributed by atoms with E-state index in [9.17, 15) is 0 Å². The predicted octanol–water partition coefficient (Wildman–Crippen LogP) is 0.854. The molecule has 3 N–H and O–H groups in total. The van der Waals surface area contributed by atoms with Gasteiger partial charge in [0.2, 0.25) is 0 Å². The second kappa shape index (κ2) is 4.24. The smallest absolute Gasteiger partial charge is 0.0664 e. The van der Waals surface area contributed by atoms with E-state index >= 15 is 0 Å². The Morgan fingerprint density at radius 2 is 2.00 bits per heavy atom. The van der Waals surface area contributed by atoms with Crippen LogP contribution < -0.4 is 5.73 Å². The Balaban J connectivity index is 3.13. The van der Waals surface area contributed by atoms with E-state index in [2.05, 4.69) is 9.97 Å². The van der Waals surface area contributed by atoms with Crippen molar-refractivity contribution >= 4 is 0 Å². The standard InChI is InChI=1S/C11H19N3O/c1-10(2,12)11(3,4-7-15)9-8-13-5-6-14-9/h5-6,8,15H,4,7,12H2,1-3H3. The normalized spacial score (nSPS) is 16.1. The molecule has 1 unspecified atom stereocenters. The fourth-order valence-electron chi connectivity index (χ4n) is 1.59. The average Bonchev–Trinajstić information content (AvgIpc) is 2.18. The van der Waals surface area contributed by atoms with E-state index < -0.39 is 5.54 Å². The fourth-order valence-corrected chi connectivity index (χ4v) is 1.59. The number of aliphatic hydroxyl groups excluding tert-OH is 1. The lowest BCUT2D eigenvalue weighted by atomic mass is 9.69. The van der Waals surface area contributed by atoms with Crippen LogP contribution >= 0.6 is 0 Å². The number of aliphatic hydroxyl groups is 1. The van der Waals surface area contributed by atoms with Crippen LogP contribution in [0.2, 0.25) is 0 Å². The van der Waals surface area contributed by atoms with Gasteiger partial charge < -0.3 is 10.8 Å². The van der Waals surface area contributed by atoms with Gasteiger partial charge in [0.1, 0.15) is 0 Å². The van der Waals surface area contributed by atoms with E-state index in [-0.39, 0.29) is 12.0 Å². The SMILES string of the molecule is CC(C)(N)C(C)(CCO)c1cnccn1. The first kappa shape index (κ1) is 12.1. The highest BCUT2D eigenvalue weighted by atomic mass is 16.3. The quantitative estimate of drug-likeness (QED) is 0.771. The van der Waals surface area contributed by atoms with Gasteiger partial charge in [0, 0.05) is 36.2 Å². The van der Waals surface area contributed by atoms with Gasteiger partial charge in [0.05, 0.1) is 5.69 Å². The van der Waals surface area contributed by atoms with E-state index in [1.165, 1.54) is 0 Å². The van der Waals surface area contributed by atoms with E-state index in [0.29, 0.717) is 6.42 Å². The molecule has 1 aromatic rings. The highest BCUT2D eigenvalue weighted by Crippen LogP contribution is 2.34. The molecule has 1 aromatic heterocycles. The molecule has 84 valence electrons. The molecule has 15 heavy (non-hydrogen) atoms. The van der Waals surface area contributed by atoms with Crippen LogP contribution in [-0.2, 0) is 5.41 Å². The zero-order valence-corrected chi connectivity index (χ0v) is 9.57. The summed E-state index contributed by atoms with van der Waals surface area (Å²) in [5.74, 6) is 0. The predicted molar refractivity (Wildman–Crippen MR) is 59.4 cm³/mol. The molecule has 0 fully saturated rings. The van der Waals surface area contributed by atoms with Gasteiger partial charge >= 0.3 is 0 Å². The molecule has 0 aliphatic carbocycles. The lowest BCUT2D eigenvalue weighted by Gasteiger charge is -2.40. The van der Waals surface area contributed by atoms with Crippen molar-refractivity contribution in [2.75, 3.05) is 6.61 Å². The summed E-state index contributed by atoms with van der Waals surface area (Å²) in [6.07, 6.45) is 5.57. The summed E-state index contributed by atoms with van der Waals surface area (Å²) < 4.78 is 0. The van der Waals surface area contributed by atoms with Crippen molar-refractivity contribution < 1.29 is 5.11 Å². The average molecular weight is 209 g/mol. The minimum Gasteiger partial charge on any atom is -0.396 e. The summed E-state index contributed by atoms with van der Waals surface area (Å²) >= 11 is 0. The highest BCUT2D eigenvalue weighted by Gasteiger charge is 2.40. The third-order valence-electron chi connectivity index (χ3n) is 3.16. The van der Waals surface area contributed by atoms with Crippen molar-refractivity contribution in [1.29, 1.82) is 0 Å². The molecule has 0 amide bonds. The second-order valence-corrected chi connectivity index (χ2v) is 4.62. The summed E-state index contributed by atoms with van der Waals surface area (Å²) in [6.45, 7) is 5.98. The first-order valence-corrected chi connectivity index (χ1v) is 5.08. The van der Waals surface area contributed by atoms with Crippen molar-refractivity contribution in [3.8, 4) is 0 Å². The molecule has 0 saturated heterocycles. The third kappa shape index (κ3) is 2.33. The number of hydrogen-bond acceptors (Lipinski definition) is 4. The number of hydrogen-bond donors (Lipinski definition) is 2. The van der Waals surface area contributed by atoms with Gasteiger partial charge in [-0.25, -0.2) is 0 Å². The van der Waals surface area contributed by atoms with Gasteiger partial charge in [-0.05, 0) is 20.3 Å². The maximum atomic E-state index is 9.12. The minimum atomic E-state index is -0.453. The summed E-state index contributed by atoms with van der Waals surface area (Å²) in [4.78, 5) is 8.33. The van der Waals surface area contributed by atoms with Crippen LogP contribution in [0.15, 0.2) is 18.6 Å². The Morgan fingerprint density at radius 1 is 1.33 bits per heavy atom. The lowest BCUT2D eigenvalue weighted by molar-refractivity contribution is 0.186. The molecule has 0 saturated carbocycles. The molecule has 1 rings (SSSR count). The Labute approximate surface area is 90.6 Å². The monoisotopic (exact) mass is 209 g/mol. The van der Waals surface area contributed by atoms with Gasteiger partial charge in [-0.3, -0.25) is 9.97 Å². The van der Waals surface area contributed by atoms with Crippen molar-refractivity contribution in [2.45, 2.75) is 38.1 Å². The van der Waals surface area contributed by atoms with E-state index in [1.807, 2.05) is 20.8 Å². The van der Waals surface area contributed by atoms with Crippen molar-refractivity contribution in [1.82, 2.24) is 9.97 Å². The molecule has 1 atom stereocenters. The van der Waals surface area contributed by atoms with E-state index in [1.54, 1.807) is 18.6 Å². The zero-order chi connectivity index (χ0) is 11.5. The maximum Gasteiger partial charge on any atom is 0.0664 e. The zero-order valence-electron chi connectivity index (χ0n) is 9.57. The highest BCUT2D eigenvalue weighted by molar-refractivity contribution is 5.19. The summed E-state index contributed by atoms with van der Waals surface area (Å²) in [5, 5.41) is 9.12. The molecule has 1 heterocycles. The first-order valence-electron chi connectivity index (χ1n) is 5.08.